The second kappa shape index (κ2) is 10.4. The van der Waals surface area contributed by atoms with Gasteiger partial charge in [0.2, 0.25) is 0 Å². The predicted octanol–water partition coefficient (Wildman–Crippen LogP) is 3.88. The van der Waals surface area contributed by atoms with Crippen LogP contribution in [0.4, 0.5) is 17.6 Å². The molecule has 0 aliphatic heterocycles. The molecule has 0 aliphatic rings. The van der Waals surface area contributed by atoms with Crippen LogP contribution in [0.5, 0.6) is 23.0 Å². The molecule has 0 saturated carbocycles. The Balaban J connectivity index is 2.01. The molecule has 0 heterocycles. The lowest BCUT2D eigenvalue weighted by atomic mass is 10.1. The Morgan fingerprint density at radius 1 is 0.862 bits per heavy atom. The lowest BCUT2D eigenvalue weighted by Gasteiger charge is -2.13. The van der Waals surface area contributed by atoms with Crippen molar-refractivity contribution in [1.82, 2.24) is 5.32 Å². The van der Waals surface area contributed by atoms with Crippen molar-refractivity contribution in [3.05, 3.63) is 47.5 Å². The first-order chi connectivity index (χ1) is 13.8. The van der Waals surface area contributed by atoms with E-state index in [0.717, 1.165) is 6.07 Å². The molecule has 10 heteroatoms. The van der Waals surface area contributed by atoms with Crippen LogP contribution < -0.4 is 24.3 Å². The van der Waals surface area contributed by atoms with Crippen LogP contribution >= 0.6 is 0 Å². The topological polar surface area (TPSA) is 66.0 Å². The summed E-state index contributed by atoms with van der Waals surface area (Å²) in [6.07, 6.45) is 0.311. The minimum absolute atomic E-state index is 0.0617. The minimum Gasteiger partial charge on any atom is -0.493 e. The molecule has 29 heavy (non-hydrogen) atoms. The monoisotopic (exact) mass is 417 g/mol. The molecule has 0 aliphatic carbocycles. The Morgan fingerprint density at radius 2 is 1.41 bits per heavy atom. The fourth-order valence-corrected chi connectivity index (χ4v) is 2.49. The van der Waals surface area contributed by atoms with E-state index in [1.54, 1.807) is 6.07 Å². The van der Waals surface area contributed by atoms with Crippen molar-refractivity contribution in [3.8, 4) is 23.0 Å². The van der Waals surface area contributed by atoms with Gasteiger partial charge in [0.25, 0.3) is 5.91 Å². The van der Waals surface area contributed by atoms with E-state index in [4.69, 9.17) is 9.47 Å². The number of carbonyl (C=O) groups excluding carboxylic acids is 1. The van der Waals surface area contributed by atoms with Gasteiger partial charge in [0, 0.05) is 12.1 Å². The van der Waals surface area contributed by atoms with Gasteiger partial charge in [0.15, 0.2) is 23.0 Å². The quantitative estimate of drug-likeness (QED) is 0.595. The predicted molar refractivity (Wildman–Crippen MR) is 95.3 cm³/mol. The molecule has 2 aromatic carbocycles. The van der Waals surface area contributed by atoms with E-state index in [-0.39, 0.29) is 35.1 Å². The lowest BCUT2D eigenvalue weighted by Crippen LogP contribution is -2.25. The molecule has 0 bridgehead atoms. The van der Waals surface area contributed by atoms with Gasteiger partial charge < -0.3 is 24.3 Å². The number of methoxy groups -OCH3 is 2. The van der Waals surface area contributed by atoms with Crippen molar-refractivity contribution in [2.75, 3.05) is 20.8 Å². The zero-order valence-electron chi connectivity index (χ0n) is 15.6. The molecule has 0 aromatic heterocycles. The number of ether oxygens (including phenoxy) is 4. The summed E-state index contributed by atoms with van der Waals surface area (Å²) in [5.74, 6) is -0.687. The average molecular weight is 417 g/mol. The second-order valence-corrected chi connectivity index (χ2v) is 5.61. The highest BCUT2D eigenvalue weighted by Crippen LogP contribution is 2.30. The molecule has 2 rings (SSSR count). The van der Waals surface area contributed by atoms with Gasteiger partial charge in [-0.2, -0.15) is 17.6 Å². The van der Waals surface area contributed by atoms with Crippen LogP contribution in [0.3, 0.4) is 0 Å². The number of carbonyl (C=O) groups is 1. The van der Waals surface area contributed by atoms with Crippen molar-refractivity contribution in [1.29, 1.82) is 0 Å². The highest BCUT2D eigenvalue weighted by atomic mass is 19.3. The Labute approximate surface area is 164 Å². The summed E-state index contributed by atoms with van der Waals surface area (Å²) in [4.78, 5) is 12.2. The fraction of sp³-hybridized carbons (Fsp3) is 0.316. The molecule has 0 spiro atoms. The van der Waals surface area contributed by atoms with Crippen molar-refractivity contribution in [3.63, 3.8) is 0 Å². The van der Waals surface area contributed by atoms with Crippen molar-refractivity contribution in [2.24, 2.45) is 0 Å². The average Bonchev–Trinajstić information content (AvgIpc) is 2.67. The maximum Gasteiger partial charge on any atom is 0.387 e. The molecule has 158 valence electrons. The van der Waals surface area contributed by atoms with Crippen LogP contribution in [0.25, 0.3) is 0 Å². The summed E-state index contributed by atoms with van der Waals surface area (Å²) in [5.41, 5.74) is 0.719. The summed E-state index contributed by atoms with van der Waals surface area (Å²) >= 11 is 0. The Bertz CT molecular complexity index is 832. The number of hydrogen-bond acceptors (Lipinski definition) is 5. The highest BCUT2D eigenvalue weighted by molar-refractivity contribution is 5.94. The largest absolute Gasteiger partial charge is 0.493 e. The maximum absolute atomic E-state index is 12.5. The van der Waals surface area contributed by atoms with Gasteiger partial charge >= 0.3 is 13.2 Å². The van der Waals surface area contributed by atoms with E-state index in [9.17, 15) is 22.4 Å². The number of rotatable bonds is 10. The first-order valence-electron chi connectivity index (χ1n) is 8.36. The fourth-order valence-electron chi connectivity index (χ4n) is 2.49. The van der Waals surface area contributed by atoms with E-state index < -0.39 is 19.1 Å². The second-order valence-electron chi connectivity index (χ2n) is 5.61. The molecular formula is C19H19F4NO5. The first kappa shape index (κ1) is 22.1. The van der Waals surface area contributed by atoms with Crippen LogP contribution in [-0.4, -0.2) is 39.9 Å². The zero-order valence-corrected chi connectivity index (χ0v) is 15.6. The summed E-state index contributed by atoms with van der Waals surface area (Å²) in [7, 11) is 2.61. The van der Waals surface area contributed by atoms with Crippen LogP contribution in [0.15, 0.2) is 36.4 Å². The third kappa shape index (κ3) is 6.44. The summed E-state index contributed by atoms with van der Waals surface area (Å²) in [5, 5.41) is 2.61. The van der Waals surface area contributed by atoms with Crippen LogP contribution in [0.2, 0.25) is 0 Å². The Morgan fingerprint density at radius 3 is 1.97 bits per heavy atom. The third-order valence-electron chi connectivity index (χ3n) is 3.79. The maximum atomic E-state index is 12.5. The van der Waals surface area contributed by atoms with Gasteiger partial charge in [0.05, 0.1) is 14.2 Å². The van der Waals surface area contributed by atoms with E-state index in [0.29, 0.717) is 12.0 Å². The molecule has 0 fully saturated rings. The highest BCUT2D eigenvalue weighted by Gasteiger charge is 2.15. The van der Waals surface area contributed by atoms with Crippen LogP contribution in [-0.2, 0) is 6.42 Å². The number of alkyl halides is 4. The lowest BCUT2D eigenvalue weighted by molar-refractivity contribution is -0.0518. The van der Waals surface area contributed by atoms with Gasteiger partial charge in [-0.05, 0) is 42.3 Å². The third-order valence-corrected chi connectivity index (χ3v) is 3.79. The molecule has 0 unspecified atom stereocenters. The smallest absolute Gasteiger partial charge is 0.387 e. The van der Waals surface area contributed by atoms with E-state index in [1.165, 1.54) is 38.5 Å². The number of nitrogens with one attached hydrogen (secondary N) is 1. The number of benzene rings is 2. The Kier molecular flexibility index (Phi) is 7.93. The van der Waals surface area contributed by atoms with E-state index in [2.05, 4.69) is 14.8 Å². The van der Waals surface area contributed by atoms with Gasteiger partial charge in [0.1, 0.15) is 0 Å². The van der Waals surface area contributed by atoms with Crippen molar-refractivity contribution >= 4 is 5.91 Å². The van der Waals surface area contributed by atoms with Gasteiger partial charge in [-0.3, -0.25) is 4.79 Å². The molecule has 0 saturated heterocycles. The molecule has 6 nitrogen and oxygen atoms in total. The Hall–Kier alpha value is -3.17. The van der Waals surface area contributed by atoms with Gasteiger partial charge in [-0.1, -0.05) is 6.07 Å². The van der Waals surface area contributed by atoms with Crippen LogP contribution in [0.1, 0.15) is 15.9 Å². The van der Waals surface area contributed by atoms with E-state index in [1.807, 2.05) is 0 Å². The molecule has 1 amide bonds. The van der Waals surface area contributed by atoms with Crippen molar-refractivity contribution in [2.45, 2.75) is 19.6 Å². The van der Waals surface area contributed by atoms with E-state index >= 15 is 0 Å². The molecule has 2 aromatic rings. The molecule has 0 atom stereocenters. The number of halogens is 4. The standard InChI is InChI=1S/C19H19F4NO5/c1-26-13-5-3-11(9-15(13)28-18(20)21)7-8-24-17(25)12-4-6-14(27-2)16(10-12)29-19(22)23/h3-6,9-10,18-19H,7-8H2,1-2H3,(H,24,25). The summed E-state index contributed by atoms with van der Waals surface area (Å²) in [6, 6.07) is 8.39. The number of hydrogen-bond donors (Lipinski definition) is 1. The van der Waals surface area contributed by atoms with Gasteiger partial charge in [-0.15, -0.1) is 0 Å². The zero-order chi connectivity index (χ0) is 21.4. The summed E-state index contributed by atoms with van der Waals surface area (Å²) in [6.45, 7) is -5.91. The van der Waals surface area contributed by atoms with Gasteiger partial charge in [-0.25, -0.2) is 0 Å². The first-order valence-corrected chi connectivity index (χ1v) is 8.36. The SMILES string of the molecule is COc1ccc(CCNC(=O)c2ccc(OC)c(OC(F)F)c2)cc1OC(F)F. The minimum atomic E-state index is -3.07. The summed E-state index contributed by atoms with van der Waals surface area (Å²) < 4.78 is 68.5. The van der Waals surface area contributed by atoms with Crippen molar-refractivity contribution < 1.29 is 41.3 Å². The van der Waals surface area contributed by atoms with Crippen LogP contribution in [0, 0.1) is 0 Å². The normalized spacial score (nSPS) is 10.8. The molecule has 0 radical (unpaired) electrons. The molecule has 1 N–H and O–H groups in total. The molecular weight excluding hydrogens is 398 g/mol. The number of amides is 1.